The molecule has 3 aromatic rings. The van der Waals surface area contributed by atoms with Gasteiger partial charge in [-0.05, 0) is 49.6 Å². The Balaban J connectivity index is 0.000000929. The van der Waals surface area contributed by atoms with E-state index in [1.165, 1.54) is 6.33 Å². The summed E-state index contributed by atoms with van der Waals surface area (Å²) >= 11 is 0. The number of allylic oxidation sites excluding steroid dienone is 2. The molecule has 0 aliphatic carbocycles. The van der Waals surface area contributed by atoms with Gasteiger partial charge in [-0.2, -0.15) is 0 Å². The molecule has 2 aromatic carbocycles. The summed E-state index contributed by atoms with van der Waals surface area (Å²) in [6.07, 6.45) is 5.81. The van der Waals surface area contributed by atoms with E-state index in [0.29, 0.717) is 40.5 Å². The molecule has 4 heterocycles. The number of ether oxygens (including phenoxy) is 4. The van der Waals surface area contributed by atoms with E-state index in [1.807, 2.05) is 56.9 Å². The molecule has 1 N–H and O–H groups in total. The maximum Gasteiger partial charge on any atom is 0.230 e. The van der Waals surface area contributed by atoms with Gasteiger partial charge in [0.1, 0.15) is 12.1 Å². The number of likely N-dealkylation sites (tertiary alicyclic amines) is 1. The van der Waals surface area contributed by atoms with Gasteiger partial charge in [-0.3, -0.25) is 4.79 Å². The standard InChI is InChI=1S/C28H30N4O5.2C2H6/c1-18-3-4-19-11-20(5-6-22(19)31-18)37-27-21-12-24(34-2)25(13-23(21)29-17-30-27)36-9-7-26(33)32-14-28(15-32)8-10-35-16-28;2*1-2/h3,5-6,11-13,17,31H,4,7-10,14-16H2,1-2H3;2*1-2H3. The Kier molecular flexibility index (Phi) is 10.0. The first-order valence-electron chi connectivity index (χ1n) is 14.6. The zero-order valence-electron chi connectivity index (χ0n) is 25.1. The van der Waals surface area contributed by atoms with Crippen molar-refractivity contribution in [1.82, 2.24) is 14.9 Å². The molecule has 0 atom stereocenters. The molecule has 0 radical (unpaired) electrons. The van der Waals surface area contributed by atoms with Crippen LogP contribution in [0.5, 0.6) is 23.1 Å². The van der Waals surface area contributed by atoms with E-state index in [0.717, 1.165) is 56.1 Å². The van der Waals surface area contributed by atoms with Crippen LogP contribution >= 0.6 is 0 Å². The van der Waals surface area contributed by atoms with Gasteiger partial charge < -0.3 is 29.2 Å². The Morgan fingerprint density at radius 3 is 2.63 bits per heavy atom. The molecule has 1 amide bonds. The molecule has 2 saturated heterocycles. The maximum absolute atomic E-state index is 12.6. The van der Waals surface area contributed by atoms with Crippen molar-refractivity contribution in [3.8, 4) is 23.1 Å². The number of fused-ring (bicyclic) bond motifs is 2. The second kappa shape index (κ2) is 13.7. The molecule has 1 aromatic heterocycles. The van der Waals surface area contributed by atoms with Gasteiger partial charge in [0.15, 0.2) is 11.5 Å². The molecular formula is C32H42N4O5. The van der Waals surface area contributed by atoms with Gasteiger partial charge in [0.25, 0.3) is 0 Å². The fraction of sp³-hybridized carbons (Fsp3) is 0.469. The Labute approximate surface area is 242 Å². The van der Waals surface area contributed by atoms with E-state index in [9.17, 15) is 4.79 Å². The molecule has 6 rings (SSSR count). The Bertz CT molecular complexity index is 1380. The highest BCUT2D eigenvalue weighted by molar-refractivity contribution is 5.87. The number of hydrogen-bond acceptors (Lipinski definition) is 8. The molecule has 2 fully saturated rings. The summed E-state index contributed by atoms with van der Waals surface area (Å²) in [6, 6.07) is 9.56. The van der Waals surface area contributed by atoms with Gasteiger partial charge in [0.05, 0.1) is 37.6 Å². The van der Waals surface area contributed by atoms with Crippen molar-refractivity contribution in [2.24, 2.45) is 5.41 Å². The predicted octanol–water partition coefficient (Wildman–Crippen LogP) is 6.37. The largest absolute Gasteiger partial charge is 0.493 e. The van der Waals surface area contributed by atoms with E-state index in [1.54, 1.807) is 13.2 Å². The van der Waals surface area contributed by atoms with Crippen molar-refractivity contribution in [2.75, 3.05) is 45.3 Å². The number of amides is 1. The van der Waals surface area contributed by atoms with Crippen LogP contribution in [0.3, 0.4) is 0 Å². The topological polar surface area (TPSA) is 95.0 Å². The third-order valence-corrected chi connectivity index (χ3v) is 7.30. The van der Waals surface area contributed by atoms with Crippen LogP contribution < -0.4 is 19.5 Å². The Morgan fingerprint density at radius 1 is 1.10 bits per heavy atom. The maximum atomic E-state index is 12.6. The zero-order valence-corrected chi connectivity index (χ0v) is 25.1. The lowest BCUT2D eigenvalue weighted by Crippen LogP contribution is -2.58. The first-order chi connectivity index (χ1) is 20.0. The SMILES string of the molecule is CC.CC.COc1cc2c(Oc3ccc4c(c3)CC=C(C)N4)ncnc2cc1OCCC(=O)N1CC2(CCOC2)C1. The van der Waals surface area contributed by atoms with Gasteiger partial charge in [-0.15, -0.1) is 0 Å². The molecule has 41 heavy (non-hydrogen) atoms. The number of nitrogens with zero attached hydrogens (tertiary/aromatic N) is 3. The Morgan fingerprint density at radius 2 is 1.90 bits per heavy atom. The predicted molar refractivity (Wildman–Crippen MR) is 161 cm³/mol. The van der Waals surface area contributed by atoms with E-state index in [-0.39, 0.29) is 17.9 Å². The number of benzene rings is 2. The molecule has 220 valence electrons. The van der Waals surface area contributed by atoms with Crippen LogP contribution in [0.4, 0.5) is 5.69 Å². The normalized spacial score (nSPS) is 16.1. The quantitative estimate of drug-likeness (QED) is 0.355. The van der Waals surface area contributed by atoms with E-state index in [2.05, 4.69) is 28.3 Å². The van der Waals surface area contributed by atoms with Crippen LogP contribution in [0, 0.1) is 5.41 Å². The van der Waals surface area contributed by atoms with Crippen molar-refractivity contribution in [3.63, 3.8) is 0 Å². The van der Waals surface area contributed by atoms with Crippen molar-refractivity contribution >= 4 is 22.5 Å². The second-order valence-corrected chi connectivity index (χ2v) is 9.99. The number of methoxy groups -OCH3 is 1. The van der Waals surface area contributed by atoms with Gasteiger partial charge in [0, 0.05) is 42.6 Å². The zero-order chi connectivity index (χ0) is 29.4. The van der Waals surface area contributed by atoms with Crippen LogP contribution in [0.2, 0.25) is 0 Å². The summed E-state index contributed by atoms with van der Waals surface area (Å²) in [6.45, 7) is 13.4. The number of carbonyl (C=O) groups is 1. The molecular weight excluding hydrogens is 520 g/mol. The summed E-state index contributed by atoms with van der Waals surface area (Å²) in [5.74, 6) is 2.28. The lowest BCUT2D eigenvalue weighted by molar-refractivity contribution is -0.143. The molecule has 0 unspecified atom stereocenters. The van der Waals surface area contributed by atoms with Crippen molar-refractivity contribution in [3.05, 3.63) is 54.0 Å². The smallest absolute Gasteiger partial charge is 0.230 e. The van der Waals surface area contributed by atoms with Crippen LogP contribution in [0.15, 0.2) is 48.4 Å². The number of nitrogens with one attached hydrogen (secondary N) is 1. The number of hydrogen-bond donors (Lipinski definition) is 1. The second-order valence-electron chi connectivity index (χ2n) is 9.99. The van der Waals surface area contributed by atoms with E-state index >= 15 is 0 Å². The van der Waals surface area contributed by atoms with Gasteiger partial charge in [0.2, 0.25) is 11.8 Å². The van der Waals surface area contributed by atoms with Crippen LogP contribution in [0.1, 0.15) is 53.0 Å². The number of aromatic nitrogens is 2. The summed E-state index contributed by atoms with van der Waals surface area (Å²) < 4.78 is 23.2. The van der Waals surface area contributed by atoms with Crippen LogP contribution in [-0.4, -0.2) is 60.8 Å². The molecule has 9 heteroatoms. The minimum atomic E-state index is 0.0983. The Hall–Kier alpha value is -3.85. The monoisotopic (exact) mass is 562 g/mol. The molecule has 9 nitrogen and oxygen atoms in total. The highest BCUT2D eigenvalue weighted by atomic mass is 16.5. The van der Waals surface area contributed by atoms with Gasteiger partial charge >= 0.3 is 0 Å². The minimum Gasteiger partial charge on any atom is -0.493 e. The first kappa shape index (κ1) is 30.1. The fourth-order valence-corrected chi connectivity index (χ4v) is 5.20. The lowest BCUT2D eigenvalue weighted by atomic mass is 9.79. The molecule has 0 saturated carbocycles. The third kappa shape index (κ3) is 6.73. The number of anilines is 1. The third-order valence-electron chi connectivity index (χ3n) is 7.30. The number of rotatable bonds is 7. The summed E-state index contributed by atoms with van der Waals surface area (Å²) in [7, 11) is 1.58. The van der Waals surface area contributed by atoms with Crippen molar-refractivity contribution in [1.29, 1.82) is 0 Å². The summed E-state index contributed by atoms with van der Waals surface area (Å²) in [5, 5.41) is 4.08. The summed E-state index contributed by atoms with van der Waals surface area (Å²) in [5.41, 5.74) is 4.24. The average molecular weight is 563 g/mol. The van der Waals surface area contributed by atoms with Crippen molar-refractivity contribution in [2.45, 2.75) is 53.9 Å². The highest BCUT2D eigenvalue weighted by Crippen LogP contribution is 2.39. The van der Waals surface area contributed by atoms with Gasteiger partial charge in [-0.25, -0.2) is 9.97 Å². The fourth-order valence-electron chi connectivity index (χ4n) is 5.20. The van der Waals surface area contributed by atoms with Crippen LogP contribution in [0.25, 0.3) is 10.9 Å². The van der Waals surface area contributed by atoms with Crippen molar-refractivity contribution < 1.29 is 23.7 Å². The van der Waals surface area contributed by atoms with E-state index in [4.69, 9.17) is 18.9 Å². The molecule has 0 bridgehead atoms. The van der Waals surface area contributed by atoms with Crippen LogP contribution in [-0.2, 0) is 16.0 Å². The first-order valence-corrected chi connectivity index (χ1v) is 14.6. The lowest BCUT2D eigenvalue weighted by Gasteiger charge is -2.47. The molecule has 3 aliphatic rings. The molecule has 1 spiro atoms. The summed E-state index contributed by atoms with van der Waals surface area (Å²) in [4.78, 5) is 23.2. The molecule has 3 aliphatic heterocycles. The number of carbonyl (C=O) groups excluding carboxylic acids is 1. The van der Waals surface area contributed by atoms with Gasteiger partial charge in [-0.1, -0.05) is 33.8 Å². The van der Waals surface area contributed by atoms with E-state index < -0.39 is 0 Å². The highest BCUT2D eigenvalue weighted by Gasteiger charge is 2.47. The minimum absolute atomic E-state index is 0.0983. The average Bonchev–Trinajstić information content (AvgIpc) is 3.49.